The molecule has 0 aromatic carbocycles. The number of nitrogens with one attached hydrogen (secondary N) is 2. The van der Waals surface area contributed by atoms with Gasteiger partial charge in [-0.05, 0) is 56.1 Å². The first-order valence-electron chi connectivity index (χ1n) is 7.12. The molecule has 1 rings (SSSR count). The van der Waals surface area contributed by atoms with Crippen LogP contribution in [0.15, 0.2) is 16.7 Å². The molecule has 2 amide bonds. The zero-order chi connectivity index (χ0) is 16.2. The van der Waals surface area contributed by atoms with Crippen LogP contribution in [0.1, 0.15) is 51.5 Å². The van der Waals surface area contributed by atoms with Gasteiger partial charge < -0.3 is 15.2 Å². The zero-order valence-corrected chi connectivity index (χ0v) is 14.9. The molecule has 0 aliphatic heterocycles. The van der Waals surface area contributed by atoms with Gasteiger partial charge in [0.05, 0.1) is 0 Å². The highest BCUT2D eigenvalue weighted by Gasteiger charge is 2.22. The first-order valence-corrected chi connectivity index (χ1v) is 7.92. The Morgan fingerprint density at radius 1 is 1.38 bits per heavy atom. The molecule has 0 aliphatic rings. The van der Waals surface area contributed by atoms with Crippen molar-refractivity contribution < 1.29 is 9.59 Å². The molecule has 6 heteroatoms. The molecule has 0 fully saturated rings. The molecule has 0 radical (unpaired) electrons. The Balaban J connectivity index is 2.74. The third-order valence-electron chi connectivity index (χ3n) is 2.80. The van der Waals surface area contributed by atoms with E-state index in [2.05, 4.69) is 33.5 Å². The van der Waals surface area contributed by atoms with E-state index < -0.39 is 6.04 Å². The molecular weight excluding hydrogens is 334 g/mol. The lowest BCUT2D eigenvalue weighted by molar-refractivity contribution is -0.124. The Bertz CT molecular complexity index is 517. The second-order valence-corrected chi connectivity index (χ2v) is 7.09. The van der Waals surface area contributed by atoms with Gasteiger partial charge in [0.15, 0.2) is 0 Å². The minimum atomic E-state index is -0.583. The molecule has 0 aliphatic carbocycles. The van der Waals surface area contributed by atoms with Crippen molar-refractivity contribution in [1.29, 1.82) is 0 Å². The van der Waals surface area contributed by atoms with Crippen molar-refractivity contribution in [1.82, 2.24) is 15.2 Å². The molecule has 0 saturated heterocycles. The molecule has 1 heterocycles. The number of carbonyl (C=O) groups excluding carboxylic acids is 2. The van der Waals surface area contributed by atoms with E-state index in [1.165, 1.54) is 0 Å². The van der Waals surface area contributed by atoms with Crippen LogP contribution >= 0.6 is 15.9 Å². The quantitative estimate of drug-likeness (QED) is 0.850. The topological polar surface area (TPSA) is 63.1 Å². The number of hydrogen-bond donors (Lipinski definition) is 2. The van der Waals surface area contributed by atoms with E-state index in [-0.39, 0.29) is 17.4 Å². The van der Waals surface area contributed by atoms with Crippen molar-refractivity contribution in [3.63, 3.8) is 0 Å². The predicted molar refractivity (Wildman–Crippen MR) is 87.2 cm³/mol. The maximum Gasteiger partial charge on any atom is 0.268 e. The van der Waals surface area contributed by atoms with Crippen LogP contribution in [0.5, 0.6) is 0 Å². The highest BCUT2D eigenvalue weighted by molar-refractivity contribution is 9.10. The van der Waals surface area contributed by atoms with Gasteiger partial charge in [0.25, 0.3) is 5.91 Å². The van der Waals surface area contributed by atoms with Gasteiger partial charge in [0.1, 0.15) is 11.7 Å². The number of hydrogen-bond acceptors (Lipinski definition) is 2. The standard InChI is InChI=1S/C15H24BrN3O2/c1-6-7-19-9-11(16)8-12(19)14(21)17-10(2)13(20)18-15(3,4)5/h8-10H,6-7H2,1-5H3,(H,17,21)(H,18,20). The summed E-state index contributed by atoms with van der Waals surface area (Å²) >= 11 is 3.38. The van der Waals surface area contributed by atoms with Crippen molar-refractivity contribution in [2.45, 2.75) is 59.2 Å². The van der Waals surface area contributed by atoms with Crippen LogP contribution in [0.3, 0.4) is 0 Å². The Morgan fingerprint density at radius 3 is 2.52 bits per heavy atom. The van der Waals surface area contributed by atoms with E-state index in [9.17, 15) is 9.59 Å². The summed E-state index contributed by atoms with van der Waals surface area (Å²) in [6, 6.07) is 1.18. The number of aryl methyl sites for hydroxylation is 1. The van der Waals surface area contributed by atoms with Crippen molar-refractivity contribution >= 4 is 27.7 Å². The van der Waals surface area contributed by atoms with E-state index in [1.807, 2.05) is 31.5 Å². The second kappa shape index (κ2) is 7.11. The summed E-state index contributed by atoms with van der Waals surface area (Å²) in [6.07, 6.45) is 2.81. The van der Waals surface area contributed by atoms with Gasteiger partial charge in [-0.3, -0.25) is 9.59 Å². The number of aromatic nitrogens is 1. The molecule has 5 nitrogen and oxygen atoms in total. The number of nitrogens with zero attached hydrogens (tertiary/aromatic N) is 1. The molecule has 0 saturated carbocycles. The molecule has 2 N–H and O–H groups in total. The van der Waals surface area contributed by atoms with Crippen molar-refractivity contribution in [2.24, 2.45) is 0 Å². The van der Waals surface area contributed by atoms with Crippen LogP contribution in [-0.2, 0) is 11.3 Å². The maximum absolute atomic E-state index is 12.3. The van der Waals surface area contributed by atoms with Gasteiger partial charge >= 0.3 is 0 Å². The number of rotatable bonds is 5. The monoisotopic (exact) mass is 357 g/mol. The Morgan fingerprint density at radius 2 is 2.00 bits per heavy atom. The molecule has 1 unspecified atom stereocenters. The van der Waals surface area contributed by atoms with Crippen molar-refractivity contribution in [3.8, 4) is 0 Å². The first-order chi connectivity index (χ1) is 9.64. The van der Waals surface area contributed by atoms with Gasteiger partial charge in [-0.1, -0.05) is 6.92 Å². The zero-order valence-electron chi connectivity index (χ0n) is 13.3. The van der Waals surface area contributed by atoms with Crippen LogP contribution in [0, 0.1) is 0 Å². The van der Waals surface area contributed by atoms with E-state index in [4.69, 9.17) is 0 Å². The predicted octanol–water partition coefficient (Wildman–Crippen LogP) is 2.69. The normalized spacial score (nSPS) is 12.9. The minimum Gasteiger partial charge on any atom is -0.350 e. The lowest BCUT2D eigenvalue weighted by Gasteiger charge is -2.23. The van der Waals surface area contributed by atoms with Gasteiger partial charge in [-0.2, -0.15) is 0 Å². The van der Waals surface area contributed by atoms with Crippen molar-refractivity contribution in [3.05, 3.63) is 22.4 Å². The van der Waals surface area contributed by atoms with Crippen LogP contribution in [0.2, 0.25) is 0 Å². The summed E-state index contributed by atoms with van der Waals surface area (Å²) in [6.45, 7) is 10.2. The molecule has 118 valence electrons. The molecule has 0 bridgehead atoms. The van der Waals surface area contributed by atoms with Gasteiger partial charge in [0, 0.05) is 22.8 Å². The highest BCUT2D eigenvalue weighted by Crippen LogP contribution is 2.15. The molecule has 0 spiro atoms. The average Bonchev–Trinajstić information content (AvgIpc) is 2.68. The Hall–Kier alpha value is -1.30. The van der Waals surface area contributed by atoms with E-state index in [0.29, 0.717) is 5.69 Å². The lowest BCUT2D eigenvalue weighted by Crippen LogP contribution is -2.51. The number of amides is 2. The summed E-state index contributed by atoms with van der Waals surface area (Å²) < 4.78 is 2.74. The fourth-order valence-electron chi connectivity index (χ4n) is 1.91. The van der Waals surface area contributed by atoms with Gasteiger partial charge in [-0.25, -0.2) is 0 Å². The molecule has 21 heavy (non-hydrogen) atoms. The average molecular weight is 358 g/mol. The third kappa shape index (κ3) is 5.53. The molecule has 1 aromatic heterocycles. The van der Waals surface area contributed by atoms with Crippen LogP contribution in [0.4, 0.5) is 0 Å². The van der Waals surface area contributed by atoms with Crippen LogP contribution in [0.25, 0.3) is 0 Å². The van der Waals surface area contributed by atoms with Crippen LogP contribution in [-0.4, -0.2) is 28.0 Å². The Kier molecular flexibility index (Phi) is 6.01. The van der Waals surface area contributed by atoms with Gasteiger partial charge in [0.2, 0.25) is 5.91 Å². The maximum atomic E-state index is 12.3. The summed E-state index contributed by atoms with van der Waals surface area (Å²) in [5.74, 6) is -0.436. The smallest absolute Gasteiger partial charge is 0.268 e. The summed E-state index contributed by atoms with van der Waals surface area (Å²) in [7, 11) is 0. The Labute approximate surface area is 134 Å². The fourth-order valence-corrected chi connectivity index (χ4v) is 2.37. The van der Waals surface area contributed by atoms with E-state index >= 15 is 0 Å². The number of carbonyl (C=O) groups is 2. The van der Waals surface area contributed by atoms with E-state index in [0.717, 1.165) is 17.4 Å². The highest BCUT2D eigenvalue weighted by atomic mass is 79.9. The largest absolute Gasteiger partial charge is 0.350 e. The summed E-state index contributed by atoms with van der Waals surface area (Å²) in [4.78, 5) is 24.3. The molecular formula is C15H24BrN3O2. The first kappa shape index (κ1) is 17.8. The van der Waals surface area contributed by atoms with Crippen molar-refractivity contribution in [2.75, 3.05) is 0 Å². The van der Waals surface area contributed by atoms with Gasteiger partial charge in [-0.15, -0.1) is 0 Å². The number of halogens is 1. The minimum absolute atomic E-state index is 0.191. The van der Waals surface area contributed by atoms with Crippen LogP contribution < -0.4 is 10.6 Å². The van der Waals surface area contributed by atoms with E-state index in [1.54, 1.807) is 13.0 Å². The molecule has 1 aromatic rings. The molecule has 1 atom stereocenters. The summed E-state index contributed by atoms with van der Waals surface area (Å²) in [5, 5.41) is 5.59. The summed E-state index contributed by atoms with van der Waals surface area (Å²) in [5.41, 5.74) is 0.237. The third-order valence-corrected chi connectivity index (χ3v) is 3.23. The SMILES string of the molecule is CCCn1cc(Br)cc1C(=O)NC(C)C(=O)NC(C)(C)C. The lowest BCUT2D eigenvalue weighted by atomic mass is 10.1. The second-order valence-electron chi connectivity index (χ2n) is 6.17. The fraction of sp³-hybridized carbons (Fsp3) is 0.600.